The molecule has 11 nitrogen and oxygen atoms in total. The number of allylic oxidation sites excluding steroid dienone is 1. The summed E-state index contributed by atoms with van der Waals surface area (Å²) in [4.78, 5) is 64.9. The maximum absolute atomic E-state index is 13.7. The monoisotopic (exact) mass is 626 g/mol. The molecule has 45 heavy (non-hydrogen) atoms. The zero-order chi connectivity index (χ0) is 33.1. The first-order chi connectivity index (χ1) is 21.2. The van der Waals surface area contributed by atoms with E-state index in [4.69, 9.17) is 9.47 Å². The standard InChI is InChI=1S/C34H50N4O7/c1-21(2)18-27(31(41)36-26(14-15-28(39)24-12-13-24)19-25-16-17-35-30(25)40)37-32(42)29(22(3)45-34(4,5)6)38-33(43)44-20-23-10-8-7-9-11-23/h7-11,14-15,21-22,24-27,29H,12-13,16-20H2,1-6H3,(H,35,40)(H,36,41)(H,37,42)(H,38,43)/b15-14+/t22-,25+,26-,27+,29+/m1/s1. The molecule has 1 heterocycles. The minimum absolute atomic E-state index is 0.0121. The Balaban J connectivity index is 1.74. The first-order valence-electron chi connectivity index (χ1n) is 16.0. The molecule has 0 bridgehead atoms. The summed E-state index contributed by atoms with van der Waals surface area (Å²) in [6.45, 7) is 11.7. The van der Waals surface area contributed by atoms with Crippen molar-refractivity contribution in [2.45, 2.75) is 110 Å². The molecule has 1 aromatic rings. The van der Waals surface area contributed by atoms with Gasteiger partial charge in [0, 0.05) is 24.4 Å². The molecule has 248 valence electrons. The van der Waals surface area contributed by atoms with Crippen molar-refractivity contribution in [1.82, 2.24) is 21.3 Å². The quantitative estimate of drug-likeness (QED) is 0.205. The van der Waals surface area contributed by atoms with Gasteiger partial charge in [-0.1, -0.05) is 50.3 Å². The van der Waals surface area contributed by atoms with Gasteiger partial charge in [-0.3, -0.25) is 19.2 Å². The maximum Gasteiger partial charge on any atom is 0.408 e. The third-order valence-electron chi connectivity index (χ3n) is 7.62. The van der Waals surface area contributed by atoms with Crippen LogP contribution in [0.1, 0.15) is 79.2 Å². The Hall–Kier alpha value is -3.73. The number of nitrogens with one attached hydrogen (secondary N) is 4. The third-order valence-corrected chi connectivity index (χ3v) is 7.62. The van der Waals surface area contributed by atoms with Gasteiger partial charge in [-0.15, -0.1) is 0 Å². The van der Waals surface area contributed by atoms with E-state index in [0.29, 0.717) is 25.8 Å². The topological polar surface area (TPSA) is 152 Å². The number of hydrogen-bond acceptors (Lipinski definition) is 7. The summed E-state index contributed by atoms with van der Waals surface area (Å²) in [6.07, 6.45) is 4.61. The Morgan fingerprint density at radius 3 is 2.24 bits per heavy atom. The minimum Gasteiger partial charge on any atom is -0.445 e. The number of amides is 4. The summed E-state index contributed by atoms with van der Waals surface area (Å²) >= 11 is 0. The van der Waals surface area contributed by atoms with E-state index in [9.17, 15) is 24.0 Å². The van der Waals surface area contributed by atoms with Gasteiger partial charge in [-0.25, -0.2) is 4.79 Å². The van der Waals surface area contributed by atoms with E-state index < -0.39 is 47.7 Å². The second-order valence-electron chi connectivity index (χ2n) is 13.5. The zero-order valence-electron chi connectivity index (χ0n) is 27.4. The van der Waals surface area contributed by atoms with Crippen LogP contribution in [0.15, 0.2) is 42.5 Å². The SMILES string of the molecule is CC(C)C[C@H](NC(=O)[C@@H](NC(=O)OCc1ccccc1)[C@@H](C)OC(C)(C)C)C(=O)N[C@H](/C=C/C(=O)C1CC1)C[C@@H]1CCNC1=O. The van der Waals surface area contributed by atoms with Gasteiger partial charge in [-0.2, -0.15) is 0 Å². The molecule has 4 N–H and O–H groups in total. The number of benzene rings is 1. The van der Waals surface area contributed by atoms with Crippen LogP contribution in [-0.4, -0.2) is 66.0 Å². The highest BCUT2D eigenvalue weighted by atomic mass is 16.6. The molecule has 1 aliphatic carbocycles. The molecule has 0 aromatic heterocycles. The smallest absolute Gasteiger partial charge is 0.408 e. The molecule has 0 radical (unpaired) electrons. The largest absolute Gasteiger partial charge is 0.445 e. The first kappa shape index (κ1) is 35.7. The van der Waals surface area contributed by atoms with Gasteiger partial charge in [0.05, 0.1) is 11.7 Å². The van der Waals surface area contributed by atoms with E-state index in [1.807, 2.05) is 65.0 Å². The lowest BCUT2D eigenvalue weighted by molar-refractivity contribution is -0.135. The average molecular weight is 627 g/mol. The van der Waals surface area contributed by atoms with Crippen molar-refractivity contribution in [2.24, 2.45) is 17.8 Å². The molecular weight excluding hydrogens is 576 g/mol. The first-order valence-corrected chi connectivity index (χ1v) is 16.0. The van der Waals surface area contributed by atoms with E-state index in [1.54, 1.807) is 13.0 Å². The van der Waals surface area contributed by atoms with E-state index in [2.05, 4.69) is 21.3 Å². The van der Waals surface area contributed by atoms with Crippen LogP contribution in [0.3, 0.4) is 0 Å². The van der Waals surface area contributed by atoms with E-state index in [-0.39, 0.29) is 36.1 Å². The molecule has 11 heteroatoms. The summed E-state index contributed by atoms with van der Waals surface area (Å²) < 4.78 is 11.4. The van der Waals surface area contributed by atoms with Gasteiger partial charge in [0.15, 0.2) is 5.78 Å². The lowest BCUT2D eigenvalue weighted by Crippen LogP contribution is -2.59. The Morgan fingerprint density at radius 1 is 0.978 bits per heavy atom. The van der Waals surface area contributed by atoms with Crippen molar-refractivity contribution in [3.05, 3.63) is 48.0 Å². The highest BCUT2D eigenvalue weighted by Crippen LogP contribution is 2.30. The summed E-state index contributed by atoms with van der Waals surface area (Å²) in [7, 11) is 0. The number of alkyl carbamates (subject to hydrolysis) is 1. The van der Waals surface area contributed by atoms with Crippen molar-refractivity contribution in [2.75, 3.05) is 6.54 Å². The molecule has 2 aliphatic rings. The second kappa shape index (κ2) is 16.5. The Bertz CT molecular complexity index is 1210. The molecule has 2 fully saturated rings. The van der Waals surface area contributed by atoms with Crippen LogP contribution in [-0.2, 0) is 35.3 Å². The maximum atomic E-state index is 13.7. The molecule has 4 amide bonds. The number of hydrogen-bond donors (Lipinski definition) is 4. The molecule has 1 saturated carbocycles. The fourth-order valence-corrected chi connectivity index (χ4v) is 5.24. The normalized spacial score (nSPS) is 19.4. The minimum atomic E-state index is -1.16. The molecule has 1 aliphatic heterocycles. The molecule has 1 aromatic carbocycles. The van der Waals surface area contributed by atoms with Gasteiger partial charge in [0.25, 0.3) is 0 Å². The highest BCUT2D eigenvalue weighted by Gasteiger charge is 2.35. The van der Waals surface area contributed by atoms with Gasteiger partial charge in [0.2, 0.25) is 17.7 Å². The van der Waals surface area contributed by atoms with Gasteiger partial charge in [-0.05, 0) is 77.4 Å². The fraction of sp³-hybridized carbons (Fsp3) is 0.618. The van der Waals surface area contributed by atoms with Crippen LogP contribution in [0.5, 0.6) is 0 Å². The zero-order valence-corrected chi connectivity index (χ0v) is 27.4. The number of ketones is 1. The summed E-state index contributed by atoms with van der Waals surface area (Å²) in [6, 6.07) is 6.48. The average Bonchev–Trinajstić information content (AvgIpc) is 3.74. The van der Waals surface area contributed by atoms with Crippen LogP contribution in [0.25, 0.3) is 0 Å². The third kappa shape index (κ3) is 12.7. The van der Waals surface area contributed by atoms with E-state index in [0.717, 1.165) is 18.4 Å². The number of rotatable bonds is 16. The van der Waals surface area contributed by atoms with Crippen LogP contribution in [0.4, 0.5) is 4.79 Å². The van der Waals surface area contributed by atoms with Crippen LogP contribution in [0, 0.1) is 17.8 Å². The van der Waals surface area contributed by atoms with E-state index >= 15 is 0 Å². The Morgan fingerprint density at radius 2 is 1.67 bits per heavy atom. The molecule has 5 atom stereocenters. The summed E-state index contributed by atoms with van der Waals surface area (Å²) in [5.74, 6) is -1.34. The Kier molecular flexibility index (Phi) is 13.1. The second-order valence-corrected chi connectivity index (χ2v) is 13.5. The van der Waals surface area contributed by atoms with E-state index in [1.165, 1.54) is 6.08 Å². The molecule has 3 rings (SSSR count). The van der Waals surface area contributed by atoms with Gasteiger partial charge in [0.1, 0.15) is 18.7 Å². The van der Waals surface area contributed by atoms with Crippen molar-refractivity contribution in [1.29, 1.82) is 0 Å². The van der Waals surface area contributed by atoms with Crippen LogP contribution in [0.2, 0.25) is 0 Å². The highest BCUT2D eigenvalue weighted by molar-refractivity contribution is 5.94. The summed E-state index contributed by atoms with van der Waals surface area (Å²) in [5.41, 5.74) is 0.172. The predicted octanol–water partition coefficient (Wildman–Crippen LogP) is 3.56. The number of carbonyl (C=O) groups is 5. The van der Waals surface area contributed by atoms with Gasteiger partial charge < -0.3 is 30.7 Å². The molecular formula is C34H50N4O7. The van der Waals surface area contributed by atoms with Crippen LogP contribution < -0.4 is 21.3 Å². The number of carbonyl (C=O) groups excluding carboxylic acids is 5. The fourth-order valence-electron chi connectivity index (χ4n) is 5.24. The lowest BCUT2D eigenvalue weighted by Gasteiger charge is -2.32. The Labute approximate surface area is 266 Å². The molecule has 0 unspecified atom stereocenters. The van der Waals surface area contributed by atoms with Crippen molar-refractivity contribution in [3.8, 4) is 0 Å². The van der Waals surface area contributed by atoms with Crippen molar-refractivity contribution >= 4 is 29.6 Å². The van der Waals surface area contributed by atoms with Crippen molar-refractivity contribution < 1.29 is 33.4 Å². The molecule has 1 saturated heterocycles. The lowest BCUT2D eigenvalue weighted by atomic mass is 9.96. The van der Waals surface area contributed by atoms with Crippen LogP contribution >= 0.6 is 0 Å². The van der Waals surface area contributed by atoms with Crippen molar-refractivity contribution in [3.63, 3.8) is 0 Å². The summed E-state index contributed by atoms with van der Waals surface area (Å²) in [5, 5.41) is 11.2. The van der Waals surface area contributed by atoms with Gasteiger partial charge >= 0.3 is 6.09 Å². The number of ether oxygens (including phenoxy) is 2. The molecule has 0 spiro atoms. The predicted molar refractivity (Wildman–Crippen MR) is 170 cm³/mol.